The van der Waals surface area contributed by atoms with E-state index in [-0.39, 0.29) is 12.5 Å². The average Bonchev–Trinajstić information content (AvgIpc) is 3.13. The molecule has 0 radical (unpaired) electrons. The summed E-state index contributed by atoms with van der Waals surface area (Å²) in [7, 11) is 0. The Hall–Kier alpha value is -3.16. The summed E-state index contributed by atoms with van der Waals surface area (Å²) >= 11 is 0. The van der Waals surface area contributed by atoms with Crippen molar-refractivity contribution in [1.82, 2.24) is 4.98 Å². The quantitative estimate of drug-likeness (QED) is 0.695. The third-order valence-electron chi connectivity index (χ3n) is 5.06. The second-order valence-corrected chi connectivity index (χ2v) is 6.88. The lowest BCUT2D eigenvalue weighted by molar-refractivity contribution is 0.142. The van der Waals surface area contributed by atoms with Gasteiger partial charge in [-0.15, -0.1) is 0 Å². The second-order valence-electron chi connectivity index (χ2n) is 6.88. The zero-order valence-corrected chi connectivity index (χ0v) is 14.8. The number of anilines is 1. The third-order valence-corrected chi connectivity index (χ3v) is 5.06. The Morgan fingerprint density at radius 1 is 1.33 bits per heavy atom. The molecule has 0 bridgehead atoms. The number of carbonyl (C=O) groups is 1. The van der Waals surface area contributed by atoms with Crippen LogP contribution >= 0.6 is 0 Å². The van der Waals surface area contributed by atoms with Crippen LogP contribution in [0.4, 0.5) is 10.5 Å². The molecule has 4 rings (SSSR count). The van der Waals surface area contributed by atoms with Crippen molar-refractivity contribution >= 4 is 11.8 Å². The van der Waals surface area contributed by atoms with Gasteiger partial charge in [0.1, 0.15) is 5.75 Å². The maximum Gasteiger partial charge on any atom is 0.511 e. The lowest BCUT2D eigenvalue weighted by atomic mass is 9.95. The number of aromatic nitrogens is 1. The van der Waals surface area contributed by atoms with Gasteiger partial charge in [-0.05, 0) is 25.0 Å². The van der Waals surface area contributed by atoms with Gasteiger partial charge in [0.05, 0.1) is 12.3 Å². The fourth-order valence-electron chi connectivity index (χ4n) is 3.77. The van der Waals surface area contributed by atoms with E-state index in [9.17, 15) is 14.7 Å². The number of fused-ring (bicyclic) bond motifs is 3. The van der Waals surface area contributed by atoms with Crippen LogP contribution in [-0.4, -0.2) is 41.0 Å². The van der Waals surface area contributed by atoms with Gasteiger partial charge in [0.2, 0.25) is 5.75 Å². The van der Waals surface area contributed by atoms with E-state index >= 15 is 0 Å². The molecule has 2 aliphatic rings. The van der Waals surface area contributed by atoms with Crippen LogP contribution in [0.5, 0.6) is 17.2 Å². The van der Waals surface area contributed by atoms with Crippen LogP contribution < -0.4 is 19.9 Å². The van der Waals surface area contributed by atoms with Gasteiger partial charge in [-0.25, -0.2) is 4.79 Å². The molecule has 0 saturated carbocycles. The highest BCUT2D eigenvalue weighted by atomic mass is 16.7. The van der Waals surface area contributed by atoms with Gasteiger partial charge in [0.15, 0.2) is 5.75 Å². The van der Waals surface area contributed by atoms with Crippen LogP contribution in [0.2, 0.25) is 0 Å². The van der Waals surface area contributed by atoms with Crippen molar-refractivity contribution in [3.8, 4) is 28.5 Å². The molecule has 0 amide bonds. The Morgan fingerprint density at radius 2 is 2.07 bits per heavy atom. The number of nitrogens with zero attached hydrogens (tertiary/aromatic N) is 1. The highest BCUT2D eigenvalue weighted by Crippen LogP contribution is 2.44. The molecule has 3 heterocycles. The van der Waals surface area contributed by atoms with Crippen LogP contribution in [0.3, 0.4) is 0 Å². The molecule has 3 N–H and O–H groups in total. The van der Waals surface area contributed by atoms with Crippen LogP contribution in [0, 0.1) is 0 Å². The first-order valence-electron chi connectivity index (χ1n) is 8.87. The number of aromatic amines is 1. The number of nitrogens with one attached hydrogen (secondary N) is 1. The molecule has 8 nitrogen and oxygen atoms in total. The van der Waals surface area contributed by atoms with Crippen LogP contribution in [0.15, 0.2) is 23.0 Å². The first-order chi connectivity index (χ1) is 13.0. The minimum atomic E-state index is -1.66. The van der Waals surface area contributed by atoms with Gasteiger partial charge < -0.3 is 29.6 Å². The third kappa shape index (κ3) is 2.97. The number of ether oxygens (including phenoxy) is 2. The number of pyridine rings is 1. The van der Waals surface area contributed by atoms with Gasteiger partial charge in [0.25, 0.3) is 5.56 Å². The molecule has 8 heteroatoms. The van der Waals surface area contributed by atoms with Gasteiger partial charge in [-0.3, -0.25) is 4.79 Å². The van der Waals surface area contributed by atoms with Crippen LogP contribution in [0.25, 0.3) is 11.3 Å². The van der Waals surface area contributed by atoms with E-state index in [2.05, 4.69) is 14.6 Å². The maximum atomic E-state index is 12.3. The molecule has 1 fully saturated rings. The van der Waals surface area contributed by atoms with E-state index in [0.717, 1.165) is 31.6 Å². The Kier molecular flexibility index (Phi) is 4.18. The summed E-state index contributed by atoms with van der Waals surface area (Å²) in [5.74, 6) is -0.753. The summed E-state index contributed by atoms with van der Waals surface area (Å²) in [6, 6.07) is 5.76. The second kappa shape index (κ2) is 6.53. The number of benzene rings is 1. The molecule has 2 aromatic rings. The topological polar surface area (TPSA) is 112 Å². The fraction of sp³-hybridized carbons (Fsp3) is 0.368. The van der Waals surface area contributed by atoms with Crippen molar-refractivity contribution in [2.75, 3.05) is 24.6 Å². The van der Waals surface area contributed by atoms with E-state index in [4.69, 9.17) is 9.84 Å². The molecule has 1 aromatic carbocycles. The van der Waals surface area contributed by atoms with Crippen molar-refractivity contribution in [3.05, 3.63) is 34.1 Å². The molecule has 0 aliphatic carbocycles. The molecule has 1 atom stereocenters. The van der Waals surface area contributed by atoms with Crippen molar-refractivity contribution in [2.24, 2.45) is 0 Å². The van der Waals surface area contributed by atoms with Crippen molar-refractivity contribution in [2.45, 2.75) is 25.7 Å². The van der Waals surface area contributed by atoms with Crippen molar-refractivity contribution in [3.63, 3.8) is 0 Å². The standard InChI is InChI=1S/C19H20N2O6/c1-10-9-26-13-8-11(21-6-2-3-7-21)4-5-12(13)15-14(10)16(22)17(18(23)20-15)27-19(24)25/h4-5,8,10H,2-3,6-7,9H2,1H3,(H,24,25)(H2,20,22,23). The minimum Gasteiger partial charge on any atom is -0.504 e. The molecular formula is C19H20N2O6. The molecule has 1 unspecified atom stereocenters. The van der Waals surface area contributed by atoms with E-state index < -0.39 is 23.2 Å². The van der Waals surface area contributed by atoms with E-state index in [1.165, 1.54) is 0 Å². The van der Waals surface area contributed by atoms with E-state index in [1.807, 2.05) is 25.1 Å². The zero-order valence-electron chi connectivity index (χ0n) is 14.8. The average molecular weight is 372 g/mol. The van der Waals surface area contributed by atoms with Gasteiger partial charge in [0, 0.05) is 41.9 Å². The highest BCUT2D eigenvalue weighted by Gasteiger charge is 2.29. The summed E-state index contributed by atoms with van der Waals surface area (Å²) in [6.45, 7) is 4.10. The van der Waals surface area contributed by atoms with Crippen LogP contribution in [0.1, 0.15) is 31.2 Å². The Morgan fingerprint density at radius 3 is 2.78 bits per heavy atom. The summed E-state index contributed by atoms with van der Waals surface area (Å²) in [6.07, 6.45) is 0.653. The molecule has 0 spiro atoms. The Labute approximate surface area is 155 Å². The number of hydrogen-bond donors (Lipinski definition) is 3. The lowest BCUT2D eigenvalue weighted by Crippen LogP contribution is -2.18. The Bertz CT molecular complexity index is 961. The molecule has 1 saturated heterocycles. The minimum absolute atomic E-state index is 0.273. The molecular weight excluding hydrogens is 352 g/mol. The Balaban J connectivity index is 1.86. The summed E-state index contributed by atoms with van der Waals surface area (Å²) in [5, 5.41) is 19.4. The highest BCUT2D eigenvalue weighted by molar-refractivity contribution is 5.78. The van der Waals surface area contributed by atoms with Gasteiger partial charge in [-0.2, -0.15) is 0 Å². The SMILES string of the molecule is CC1COc2cc(N3CCCC3)ccc2-c2[nH]c(=O)c(OC(=O)O)c(O)c21. The molecule has 27 heavy (non-hydrogen) atoms. The van der Waals surface area contributed by atoms with Gasteiger partial charge in [-0.1, -0.05) is 6.92 Å². The number of carboxylic acid groups (broad SMARTS) is 1. The predicted octanol–water partition coefficient (Wildman–Crippen LogP) is 2.90. The fourth-order valence-corrected chi connectivity index (χ4v) is 3.77. The summed E-state index contributed by atoms with van der Waals surface area (Å²) < 4.78 is 10.4. The number of rotatable bonds is 2. The van der Waals surface area contributed by atoms with Crippen LogP contribution in [-0.2, 0) is 0 Å². The number of H-pyrrole nitrogens is 1. The smallest absolute Gasteiger partial charge is 0.504 e. The molecule has 2 aliphatic heterocycles. The maximum absolute atomic E-state index is 12.3. The van der Waals surface area contributed by atoms with Gasteiger partial charge >= 0.3 is 6.16 Å². The van der Waals surface area contributed by atoms with Crippen molar-refractivity contribution < 1.29 is 24.5 Å². The summed E-state index contributed by atoms with van der Waals surface area (Å²) in [4.78, 5) is 28.1. The molecule has 1 aromatic heterocycles. The largest absolute Gasteiger partial charge is 0.511 e. The first kappa shape index (κ1) is 17.3. The number of hydrogen-bond acceptors (Lipinski definition) is 6. The predicted molar refractivity (Wildman–Crippen MR) is 98.2 cm³/mol. The van der Waals surface area contributed by atoms with E-state index in [1.54, 1.807) is 0 Å². The first-order valence-corrected chi connectivity index (χ1v) is 8.87. The lowest BCUT2D eigenvalue weighted by Gasteiger charge is -2.19. The van der Waals surface area contributed by atoms with E-state index in [0.29, 0.717) is 22.6 Å². The zero-order chi connectivity index (χ0) is 19.1. The monoisotopic (exact) mass is 372 g/mol. The molecule has 142 valence electrons. The normalized spacial score (nSPS) is 18.3. The van der Waals surface area contributed by atoms with Crippen molar-refractivity contribution in [1.29, 1.82) is 0 Å². The summed E-state index contributed by atoms with van der Waals surface area (Å²) in [5.41, 5.74) is 1.71. The number of aromatic hydroxyl groups is 1.